The van der Waals surface area contributed by atoms with Gasteiger partial charge in [-0.2, -0.15) is 0 Å². The molecule has 1 unspecified atom stereocenters. The van der Waals surface area contributed by atoms with Crippen molar-refractivity contribution in [3.8, 4) is 0 Å². The molecule has 2 nitrogen and oxygen atoms in total. The lowest BCUT2D eigenvalue weighted by atomic mass is 9.97. The van der Waals surface area contributed by atoms with E-state index >= 15 is 0 Å². The fraction of sp³-hybridized carbons (Fsp3) is 0.647. The van der Waals surface area contributed by atoms with E-state index in [9.17, 15) is 8.78 Å². The van der Waals surface area contributed by atoms with E-state index in [4.69, 9.17) is 0 Å². The summed E-state index contributed by atoms with van der Waals surface area (Å²) in [5.74, 6) is -2.48. The molecular formula is C17H24F2N2. The molecule has 2 fully saturated rings. The zero-order valence-corrected chi connectivity index (χ0v) is 12.7. The Bertz CT molecular complexity index is 486. The lowest BCUT2D eigenvalue weighted by molar-refractivity contribution is -0.0220. The van der Waals surface area contributed by atoms with Gasteiger partial charge >= 0.3 is 0 Å². The number of nitrogens with one attached hydrogen (secondary N) is 1. The van der Waals surface area contributed by atoms with E-state index < -0.39 is 5.92 Å². The van der Waals surface area contributed by atoms with Crippen molar-refractivity contribution < 1.29 is 8.78 Å². The van der Waals surface area contributed by atoms with Crippen LogP contribution in [0.1, 0.15) is 36.8 Å². The lowest BCUT2D eigenvalue weighted by Gasteiger charge is -2.34. The maximum atomic E-state index is 13.3. The van der Waals surface area contributed by atoms with Gasteiger partial charge in [-0.05, 0) is 49.9 Å². The molecule has 1 atom stereocenters. The molecule has 2 aliphatic rings. The summed E-state index contributed by atoms with van der Waals surface area (Å²) in [4.78, 5) is 2.12. The molecule has 4 heteroatoms. The van der Waals surface area contributed by atoms with E-state index in [-0.39, 0.29) is 12.8 Å². The minimum atomic E-state index is -2.48. The van der Waals surface area contributed by atoms with Gasteiger partial charge in [0.15, 0.2) is 0 Å². The fourth-order valence-electron chi connectivity index (χ4n) is 3.50. The standard InChI is InChI=1S/C17H24F2N2/c1-13-14(12-15-5-3-9-20-15)4-2-6-16(13)21-10-7-17(18,19)8-11-21/h2,4,6,15,20H,3,5,7-12H2,1H3. The number of nitrogens with zero attached hydrogens (tertiary/aromatic N) is 1. The molecule has 2 aliphatic heterocycles. The molecule has 1 aromatic carbocycles. The summed E-state index contributed by atoms with van der Waals surface area (Å²) in [6.07, 6.45) is 3.48. The van der Waals surface area contributed by atoms with Crippen LogP contribution in [0.3, 0.4) is 0 Å². The Labute approximate surface area is 125 Å². The lowest BCUT2D eigenvalue weighted by Crippen LogP contribution is -2.39. The summed E-state index contributed by atoms with van der Waals surface area (Å²) in [6.45, 7) is 4.16. The van der Waals surface area contributed by atoms with Gasteiger partial charge in [0, 0.05) is 37.7 Å². The molecule has 1 aromatic rings. The summed E-state index contributed by atoms with van der Waals surface area (Å²) < 4.78 is 26.6. The number of hydrogen-bond donors (Lipinski definition) is 1. The Balaban J connectivity index is 1.73. The predicted octanol–water partition coefficient (Wildman–Crippen LogP) is 3.53. The predicted molar refractivity (Wildman–Crippen MR) is 82.3 cm³/mol. The largest absolute Gasteiger partial charge is 0.371 e. The van der Waals surface area contributed by atoms with Gasteiger partial charge in [0.1, 0.15) is 0 Å². The molecule has 0 aliphatic carbocycles. The molecule has 0 saturated carbocycles. The van der Waals surface area contributed by atoms with E-state index in [2.05, 4.69) is 35.3 Å². The number of anilines is 1. The molecular weight excluding hydrogens is 270 g/mol. The molecule has 0 aromatic heterocycles. The average molecular weight is 294 g/mol. The topological polar surface area (TPSA) is 15.3 Å². The number of halogens is 2. The molecule has 0 amide bonds. The highest BCUT2D eigenvalue weighted by Gasteiger charge is 2.34. The van der Waals surface area contributed by atoms with Gasteiger partial charge in [0.2, 0.25) is 0 Å². The van der Waals surface area contributed by atoms with Crippen LogP contribution in [0.25, 0.3) is 0 Å². The van der Waals surface area contributed by atoms with Gasteiger partial charge in [0.05, 0.1) is 0 Å². The van der Waals surface area contributed by atoms with Crippen LogP contribution in [0.5, 0.6) is 0 Å². The third kappa shape index (κ3) is 3.37. The van der Waals surface area contributed by atoms with E-state index in [0.29, 0.717) is 19.1 Å². The first-order valence-corrected chi connectivity index (χ1v) is 8.00. The Kier molecular flexibility index (Phi) is 4.16. The Morgan fingerprint density at radius 3 is 2.71 bits per heavy atom. The van der Waals surface area contributed by atoms with E-state index in [0.717, 1.165) is 18.7 Å². The van der Waals surface area contributed by atoms with Crippen LogP contribution in [0.4, 0.5) is 14.5 Å². The molecule has 116 valence electrons. The summed E-state index contributed by atoms with van der Waals surface area (Å²) in [7, 11) is 0. The third-order valence-electron chi connectivity index (χ3n) is 4.88. The zero-order valence-electron chi connectivity index (χ0n) is 12.7. The highest BCUT2D eigenvalue weighted by atomic mass is 19.3. The molecule has 2 heterocycles. The van der Waals surface area contributed by atoms with Gasteiger partial charge in [0.25, 0.3) is 5.92 Å². The van der Waals surface area contributed by atoms with Crippen molar-refractivity contribution in [2.75, 3.05) is 24.5 Å². The number of piperidine rings is 1. The van der Waals surface area contributed by atoms with Crippen LogP contribution < -0.4 is 10.2 Å². The quantitative estimate of drug-likeness (QED) is 0.917. The Morgan fingerprint density at radius 1 is 1.29 bits per heavy atom. The van der Waals surface area contributed by atoms with Gasteiger partial charge in [-0.25, -0.2) is 8.78 Å². The molecule has 1 N–H and O–H groups in total. The summed E-state index contributed by atoms with van der Waals surface area (Å²) >= 11 is 0. The minimum Gasteiger partial charge on any atom is -0.371 e. The van der Waals surface area contributed by atoms with Crippen LogP contribution in [-0.4, -0.2) is 31.6 Å². The van der Waals surface area contributed by atoms with Crippen molar-refractivity contribution in [2.24, 2.45) is 0 Å². The van der Waals surface area contributed by atoms with E-state index in [1.807, 2.05) is 0 Å². The number of alkyl halides is 2. The minimum absolute atomic E-state index is 0.0269. The van der Waals surface area contributed by atoms with E-state index in [1.165, 1.54) is 24.0 Å². The summed E-state index contributed by atoms with van der Waals surface area (Å²) in [5, 5.41) is 3.53. The maximum absolute atomic E-state index is 13.3. The third-order valence-corrected chi connectivity index (χ3v) is 4.88. The molecule has 3 rings (SSSR count). The average Bonchev–Trinajstić information content (AvgIpc) is 2.95. The number of hydrogen-bond acceptors (Lipinski definition) is 2. The molecule has 0 bridgehead atoms. The molecule has 2 saturated heterocycles. The monoisotopic (exact) mass is 294 g/mol. The van der Waals surface area contributed by atoms with Crippen LogP contribution in [0.15, 0.2) is 18.2 Å². The SMILES string of the molecule is Cc1c(CC2CCCN2)cccc1N1CCC(F)(F)CC1. The first-order valence-electron chi connectivity index (χ1n) is 8.00. The number of benzene rings is 1. The smallest absolute Gasteiger partial charge is 0.251 e. The first kappa shape index (κ1) is 14.8. The number of rotatable bonds is 3. The molecule has 21 heavy (non-hydrogen) atoms. The van der Waals surface area contributed by atoms with Gasteiger partial charge in [-0.3, -0.25) is 0 Å². The first-order chi connectivity index (χ1) is 10.1. The fourth-order valence-corrected chi connectivity index (χ4v) is 3.50. The normalized spacial score (nSPS) is 25.3. The van der Waals surface area contributed by atoms with Crippen molar-refractivity contribution in [3.63, 3.8) is 0 Å². The summed E-state index contributed by atoms with van der Waals surface area (Å²) in [6, 6.07) is 6.89. The van der Waals surface area contributed by atoms with Gasteiger partial charge < -0.3 is 10.2 Å². The molecule has 0 radical (unpaired) electrons. The van der Waals surface area contributed by atoms with Crippen molar-refractivity contribution in [1.29, 1.82) is 0 Å². The second-order valence-corrected chi connectivity index (χ2v) is 6.40. The van der Waals surface area contributed by atoms with Crippen LogP contribution in [0, 0.1) is 6.92 Å². The second-order valence-electron chi connectivity index (χ2n) is 6.40. The second kappa shape index (κ2) is 5.91. The van der Waals surface area contributed by atoms with Crippen LogP contribution in [0.2, 0.25) is 0 Å². The zero-order chi connectivity index (χ0) is 14.9. The van der Waals surface area contributed by atoms with Crippen molar-refractivity contribution in [3.05, 3.63) is 29.3 Å². The van der Waals surface area contributed by atoms with Crippen molar-refractivity contribution in [2.45, 2.75) is 51.0 Å². The van der Waals surface area contributed by atoms with Crippen molar-refractivity contribution >= 4 is 5.69 Å². The van der Waals surface area contributed by atoms with E-state index in [1.54, 1.807) is 0 Å². The Hall–Kier alpha value is -1.16. The maximum Gasteiger partial charge on any atom is 0.251 e. The van der Waals surface area contributed by atoms with Crippen LogP contribution >= 0.6 is 0 Å². The highest BCUT2D eigenvalue weighted by molar-refractivity contribution is 5.56. The van der Waals surface area contributed by atoms with Crippen molar-refractivity contribution in [1.82, 2.24) is 5.32 Å². The Morgan fingerprint density at radius 2 is 2.05 bits per heavy atom. The molecule has 0 spiro atoms. The van der Waals surface area contributed by atoms with Gasteiger partial charge in [-0.1, -0.05) is 12.1 Å². The van der Waals surface area contributed by atoms with Gasteiger partial charge in [-0.15, -0.1) is 0 Å². The highest BCUT2D eigenvalue weighted by Crippen LogP contribution is 2.33. The summed E-state index contributed by atoms with van der Waals surface area (Å²) in [5.41, 5.74) is 3.75. The van der Waals surface area contributed by atoms with Crippen LogP contribution in [-0.2, 0) is 6.42 Å².